The second kappa shape index (κ2) is 6.20. The maximum Gasteiger partial charge on any atom is 0.339 e. The highest BCUT2D eigenvalue weighted by Gasteiger charge is 2.22. The van der Waals surface area contributed by atoms with E-state index in [4.69, 9.17) is 10.5 Å². The van der Waals surface area contributed by atoms with Crippen LogP contribution in [0, 0.1) is 3.57 Å². The molecule has 0 amide bonds. The lowest BCUT2D eigenvalue weighted by Crippen LogP contribution is -2.13. The maximum absolute atomic E-state index is 12.7. The molecule has 94 valence electrons. The SMILES string of the molecule is CCOC(=O)c1cc(CN)nc(C(F)F)c1I. The third kappa shape index (κ3) is 3.32. The van der Waals surface area contributed by atoms with E-state index in [0.717, 1.165) is 0 Å². The van der Waals surface area contributed by atoms with E-state index >= 15 is 0 Å². The van der Waals surface area contributed by atoms with E-state index in [-0.39, 0.29) is 28.0 Å². The van der Waals surface area contributed by atoms with Crippen LogP contribution in [-0.4, -0.2) is 17.6 Å². The molecule has 0 fully saturated rings. The first kappa shape index (κ1) is 14.2. The summed E-state index contributed by atoms with van der Waals surface area (Å²) in [5.74, 6) is -0.643. The van der Waals surface area contributed by atoms with Gasteiger partial charge in [-0.05, 0) is 35.6 Å². The van der Waals surface area contributed by atoms with Gasteiger partial charge in [0, 0.05) is 6.54 Å². The smallest absolute Gasteiger partial charge is 0.339 e. The Bertz CT molecular complexity index is 427. The lowest BCUT2D eigenvalue weighted by Gasteiger charge is -2.10. The van der Waals surface area contributed by atoms with Gasteiger partial charge in [0.05, 0.1) is 21.4 Å². The highest BCUT2D eigenvalue weighted by Crippen LogP contribution is 2.26. The number of carbonyl (C=O) groups is 1. The lowest BCUT2D eigenvalue weighted by molar-refractivity contribution is 0.0524. The quantitative estimate of drug-likeness (QED) is 0.664. The van der Waals surface area contributed by atoms with Crippen molar-refractivity contribution >= 4 is 28.6 Å². The maximum atomic E-state index is 12.7. The van der Waals surface area contributed by atoms with Crippen molar-refractivity contribution in [2.24, 2.45) is 5.73 Å². The molecule has 0 saturated carbocycles. The Balaban J connectivity index is 3.28. The molecule has 0 aromatic carbocycles. The summed E-state index contributed by atoms with van der Waals surface area (Å²) in [5.41, 5.74) is 5.24. The number of ether oxygens (including phenoxy) is 1. The van der Waals surface area contributed by atoms with E-state index < -0.39 is 18.1 Å². The normalized spacial score (nSPS) is 10.7. The molecular weight excluding hydrogens is 345 g/mol. The third-order valence-electron chi connectivity index (χ3n) is 1.95. The van der Waals surface area contributed by atoms with Gasteiger partial charge in [-0.2, -0.15) is 0 Å². The summed E-state index contributed by atoms with van der Waals surface area (Å²) in [4.78, 5) is 15.3. The molecule has 0 unspecified atom stereocenters. The van der Waals surface area contributed by atoms with Crippen molar-refractivity contribution in [2.45, 2.75) is 19.9 Å². The van der Waals surface area contributed by atoms with Gasteiger partial charge >= 0.3 is 5.97 Å². The highest BCUT2D eigenvalue weighted by atomic mass is 127. The number of aromatic nitrogens is 1. The second-order valence-corrected chi connectivity index (χ2v) is 4.16. The van der Waals surface area contributed by atoms with E-state index in [9.17, 15) is 13.6 Å². The number of nitrogens with two attached hydrogens (primary N) is 1. The predicted octanol–water partition coefficient (Wildman–Crippen LogP) is 2.26. The fraction of sp³-hybridized carbons (Fsp3) is 0.400. The van der Waals surface area contributed by atoms with E-state index in [1.807, 2.05) is 0 Å². The molecule has 0 spiro atoms. The average molecular weight is 356 g/mol. The molecule has 0 saturated heterocycles. The number of hydrogen-bond acceptors (Lipinski definition) is 4. The second-order valence-electron chi connectivity index (χ2n) is 3.09. The van der Waals surface area contributed by atoms with Gasteiger partial charge in [-0.3, -0.25) is 0 Å². The van der Waals surface area contributed by atoms with Gasteiger partial charge in [-0.25, -0.2) is 18.6 Å². The summed E-state index contributed by atoms with van der Waals surface area (Å²) in [6.07, 6.45) is -2.75. The Morgan fingerprint density at radius 3 is 2.76 bits per heavy atom. The third-order valence-corrected chi connectivity index (χ3v) is 3.08. The molecular formula is C10H11F2IN2O2. The first-order valence-electron chi connectivity index (χ1n) is 4.85. The van der Waals surface area contributed by atoms with Crippen LogP contribution in [0.1, 0.15) is 35.1 Å². The van der Waals surface area contributed by atoms with Crippen LogP contribution in [0.25, 0.3) is 0 Å². The molecule has 0 atom stereocenters. The first-order chi connectivity index (χ1) is 8.01. The Hall–Kier alpha value is -0.830. The predicted molar refractivity (Wildman–Crippen MR) is 65.8 cm³/mol. The molecule has 1 rings (SSSR count). The number of esters is 1. The zero-order chi connectivity index (χ0) is 13.0. The van der Waals surface area contributed by atoms with Crippen LogP contribution in [-0.2, 0) is 11.3 Å². The number of rotatable bonds is 4. The number of hydrogen-bond donors (Lipinski definition) is 1. The van der Waals surface area contributed by atoms with E-state index in [1.165, 1.54) is 6.07 Å². The molecule has 0 radical (unpaired) electrons. The molecule has 17 heavy (non-hydrogen) atoms. The largest absolute Gasteiger partial charge is 0.462 e. The van der Waals surface area contributed by atoms with Gasteiger partial charge in [0.1, 0.15) is 5.69 Å². The number of alkyl halides is 2. The van der Waals surface area contributed by atoms with Crippen molar-refractivity contribution in [2.75, 3.05) is 6.61 Å². The molecule has 1 aromatic heterocycles. The van der Waals surface area contributed by atoms with Crippen molar-refractivity contribution in [3.63, 3.8) is 0 Å². The van der Waals surface area contributed by atoms with Crippen molar-refractivity contribution in [1.82, 2.24) is 4.98 Å². The molecule has 0 aliphatic carbocycles. The monoisotopic (exact) mass is 356 g/mol. The van der Waals surface area contributed by atoms with Crippen LogP contribution in [0.2, 0.25) is 0 Å². The standard InChI is InChI=1S/C10H11F2IN2O2/c1-2-17-10(16)6-3-5(4-14)15-8(7(6)13)9(11)12/h3,9H,2,4,14H2,1H3. The Labute approximate surface area is 111 Å². The van der Waals surface area contributed by atoms with E-state index in [0.29, 0.717) is 0 Å². The zero-order valence-corrected chi connectivity index (χ0v) is 11.2. The molecule has 1 aromatic rings. The van der Waals surface area contributed by atoms with Crippen molar-refractivity contribution in [1.29, 1.82) is 0 Å². The number of nitrogens with zero attached hydrogens (tertiary/aromatic N) is 1. The lowest BCUT2D eigenvalue weighted by atomic mass is 10.2. The zero-order valence-electron chi connectivity index (χ0n) is 9.04. The molecule has 0 aliphatic heterocycles. The topological polar surface area (TPSA) is 65.2 Å². The van der Waals surface area contributed by atoms with Gasteiger partial charge in [0.25, 0.3) is 6.43 Å². The summed E-state index contributed by atoms with van der Waals surface area (Å²) >= 11 is 1.66. The summed E-state index contributed by atoms with van der Waals surface area (Å²) < 4.78 is 30.3. The van der Waals surface area contributed by atoms with Gasteiger partial charge in [-0.1, -0.05) is 0 Å². The minimum Gasteiger partial charge on any atom is -0.462 e. The number of pyridine rings is 1. The van der Waals surface area contributed by atoms with Gasteiger partial charge < -0.3 is 10.5 Å². The van der Waals surface area contributed by atoms with Crippen LogP contribution in [0.15, 0.2) is 6.07 Å². The van der Waals surface area contributed by atoms with Crippen LogP contribution < -0.4 is 5.73 Å². The van der Waals surface area contributed by atoms with Crippen molar-refractivity contribution < 1.29 is 18.3 Å². The van der Waals surface area contributed by atoms with E-state index in [1.54, 1.807) is 29.5 Å². The minimum atomic E-state index is -2.75. The summed E-state index contributed by atoms with van der Waals surface area (Å²) in [5, 5.41) is 0. The number of halogens is 3. The molecule has 1 heterocycles. The average Bonchev–Trinajstić information content (AvgIpc) is 2.29. The van der Waals surface area contributed by atoms with Crippen LogP contribution in [0.3, 0.4) is 0 Å². The Kier molecular flexibility index (Phi) is 5.19. The molecule has 7 heteroatoms. The Morgan fingerprint density at radius 1 is 1.65 bits per heavy atom. The number of carbonyl (C=O) groups excluding carboxylic acids is 1. The fourth-order valence-corrected chi connectivity index (χ4v) is 1.94. The molecule has 4 nitrogen and oxygen atoms in total. The summed E-state index contributed by atoms with van der Waals surface area (Å²) in [7, 11) is 0. The van der Waals surface area contributed by atoms with Crippen LogP contribution >= 0.6 is 22.6 Å². The van der Waals surface area contributed by atoms with E-state index in [2.05, 4.69) is 4.98 Å². The van der Waals surface area contributed by atoms with Crippen LogP contribution in [0.5, 0.6) is 0 Å². The molecule has 2 N–H and O–H groups in total. The van der Waals surface area contributed by atoms with Crippen LogP contribution in [0.4, 0.5) is 8.78 Å². The van der Waals surface area contributed by atoms with Crippen molar-refractivity contribution in [3.05, 3.63) is 26.6 Å². The van der Waals surface area contributed by atoms with Gasteiger partial charge in [-0.15, -0.1) is 0 Å². The fourth-order valence-electron chi connectivity index (χ4n) is 1.21. The van der Waals surface area contributed by atoms with Gasteiger partial charge in [0.2, 0.25) is 0 Å². The van der Waals surface area contributed by atoms with Gasteiger partial charge in [0.15, 0.2) is 0 Å². The first-order valence-corrected chi connectivity index (χ1v) is 5.93. The Morgan fingerprint density at radius 2 is 2.29 bits per heavy atom. The highest BCUT2D eigenvalue weighted by molar-refractivity contribution is 14.1. The van der Waals surface area contributed by atoms with Crippen molar-refractivity contribution in [3.8, 4) is 0 Å². The molecule has 0 aliphatic rings. The minimum absolute atomic E-state index is 0.0109. The molecule has 0 bridgehead atoms. The summed E-state index contributed by atoms with van der Waals surface area (Å²) in [6, 6.07) is 1.38. The summed E-state index contributed by atoms with van der Waals surface area (Å²) in [6.45, 7) is 1.81.